The van der Waals surface area contributed by atoms with Crippen LogP contribution in [0.1, 0.15) is 51.0 Å². The summed E-state index contributed by atoms with van der Waals surface area (Å²) in [6.07, 6.45) is 6.27. The lowest BCUT2D eigenvalue weighted by atomic mass is 9.95. The molecule has 1 aliphatic carbocycles. The molecule has 1 atom stereocenters. The fourth-order valence-electron chi connectivity index (χ4n) is 3.99. The van der Waals surface area contributed by atoms with Gasteiger partial charge < -0.3 is 10.2 Å². The minimum atomic E-state index is -0.448. The molecule has 3 rings (SSSR count). The van der Waals surface area contributed by atoms with Gasteiger partial charge in [-0.25, -0.2) is 0 Å². The number of nitrogens with zero attached hydrogens (tertiary/aromatic N) is 1. The maximum absolute atomic E-state index is 13.2. The Balaban J connectivity index is 1.72. The quantitative estimate of drug-likeness (QED) is 0.574. The Kier molecular flexibility index (Phi) is 8.81. The highest BCUT2D eigenvalue weighted by Crippen LogP contribution is 2.21. The van der Waals surface area contributed by atoms with Crippen LogP contribution in [0, 0.1) is 0 Å². The van der Waals surface area contributed by atoms with Crippen molar-refractivity contribution in [2.75, 3.05) is 5.75 Å². The average molecular weight is 425 g/mol. The second kappa shape index (κ2) is 11.8. The molecule has 2 amide bonds. The Morgan fingerprint density at radius 3 is 2.27 bits per heavy atom. The number of carbonyl (C=O) groups excluding carboxylic acids is 2. The van der Waals surface area contributed by atoms with Crippen molar-refractivity contribution in [2.45, 2.75) is 69.0 Å². The van der Waals surface area contributed by atoms with Crippen molar-refractivity contribution in [3.63, 3.8) is 0 Å². The molecule has 0 spiro atoms. The molecule has 1 aliphatic rings. The largest absolute Gasteiger partial charge is 0.352 e. The monoisotopic (exact) mass is 424 g/mol. The van der Waals surface area contributed by atoms with Crippen LogP contribution in [0.15, 0.2) is 65.6 Å². The van der Waals surface area contributed by atoms with Gasteiger partial charge in [0.25, 0.3) is 0 Å². The molecule has 2 aromatic rings. The molecule has 0 saturated heterocycles. The van der Waals surface area contributed by atoms with Crippen molar-refractivity contribution in [2.24, 2.45) is 0 Å². The molecule has 160 valence electrons. The maximum Gasteiger partial charge on any atom is 0.243 e. The third-order valence-electron chi connectivity index (χ3n) is 5.64. The van der Waals surface area contributed by atoms with Crippen molar-refractivity contribution in [1.82, 2.24) is 10.2 Å². The maximum atomic E-state index is 13.2. The molecule has 0 unspecified atom stereocenters. The highest BCUT2D eigenvalue weighted by molar-refractivity contribution is 8.00. The van der Waals surface area contributed by atoms with Crippen molar-refractivity contribution < 1.29 is 9.59 Å². The van der Waals surface area contributed by atoms with Gasteiger partial charge in [-0.15, -0.1) is 11.8 Å². The van der Waals surface area contributed by atoms with E-state index < -0.39 is 6.04 Å². The SMILES string of the molecule is CC[C@H](C(=O)NC1CCCCC1)N(Cc1ccccc1)C(=O)CSc1ccccc1. The predicted octanol–water partition coefficient (Wildman–Crippen LogP) is 5.04. The number of benzene rings is 2. The number of hydrogen-bond acceptors (Lipinski definition) is 3. The molecule has 0 bridgehead atoms. The molecule has 1 saturated carbocycles. The fourth-order valence-corrected chi connectivity index (χ4v) is 4.79. The van der Waals surface area contributed by atoms with Crippen molar-refractivity contribution in [3.8, 4) is 0 Å². The van der Waals surface area contributed by atoms with E-state index in [0.29, 0.717) is 18.7 Å². The van der Waals surface area contributed by atoms with Crippen LogP contribution in [0.5, 0.6) is 0 Å². The normalized spacial score (nSPS) is 15.4. The van der Waals surface area contributed by atoms with Gasteiger partial charge >= 0.3 is 0 Å². The van der Waals surface area contributed by atoms with Gasteiger partial charge in [0.2, 0.25) is 11.8 Å². The lowest BCUT2D eigenvalue weighted by Gasteiger charge is -2.32. The molecule has 4 nitrogen and oxygen atoms in total. The molecule has 0 aromatic heterocycles. The predicted molar refractivity (Wildman–Crippen MR) is 123 cm³/mol. The zero-order valence-corrected chi connectivity index (χ0v) is 18.6. The molecule has 1 N–H and O–H groups in total. The van der Waals surface area contributed by atoms with Crippen molar-refractivity contribution >= 4 is 23.6 Å². The highest BCUT2D eigenvalue weighted by Gasteiger charge is 2.30. The van der Waals surface area contributed by atoms with Gasteiger partial charge in [-0.3, -0.25) is 9.59 Å². The first-order valence-electron chi connectivity index (χ1n) is 11.0. The number of amides is 2. The Labute approximate surface area is 184 Å². The summed E-state index contributed by atoms with van der Waals surface area (Å²) in [6, 6.07) is 19.7. The van der Waals surface area contributed by atoms with Gasteiger partial charge in [0.1, 0.15) is 6.04 Å². The summed E-state index contributed by atoms with van der Waals surface area (Å²) in [5.41, 5.74) is 1.04. The van der Waals surface area contributed by atoms with E-state index in [1.807, 2.05) is 67.6 Å². The third-order valence-corrected chi connectivity index (χ3v) is 6.64. The minimum absolute atomic E-state index is 0.00153. The highest BCUT2D eigenvalue weighted by atomic mass is 32.2. The van der Waals surface area contributed by atoms with E-state index in [2.05, 4.69) is 5.32 Å². The van der Waals surface area contributed by atoms with E-state index in [1.165, 1.54) is 31.0 Å². The summed E-state index contributed by atoms with van der Waals surface area (Å²) in [5.74, 6) is 0.307. The van der Waals surface area contributed by atoms with Crippen LogP contribution in [0.25, 0.3) is 0 Å². The van der Waals surface area contributed by atoms with Crippen LogP contribution < -0.4 is 5.32 Å². The number of carbonyl (C=O) groups is 2. The molecular formula is C25H32N2O2S. The van der Waals surface area contributed by atoms with Gasteiger partial charge in [-0.1, -0.05) is 74.7 Å². The van der Waals surface area contributed by atoms with Gasteiger partial charge in [-0.2, -0.15) is 0 Å². The van der Waals surface area contributed by atoms with Crippen molar-refractivity contribution in [1.29, 1.82) is 0 Å². The van der Waals surface area contributed by atoms with Crippen molar-refractivity contribution in [3.05, 3.63) is 66.2 Å². The van der Waals surface area contributed by atoms with Gasteiger partial charge in [-0.05, 0) is 37.0 Å². The van der Waals surface area contributed by atoms with E-state index in [-0.39, 0.29) is 17.9 Å². The van der Waals surface area contributed by atoms with Crippen LogP contribution in [0.4, 0.5) is 0 Å². The summed E-state index contributed by atoms with van der Waals surface area (Å²) in [6.45, 7) is 2.44. The third kappa shape index (κ3) is 6.63. The first kappa shape index (κ1) is 22.4. The summed E-state index contributed by atoms with van der Waals surface area (Å²) in [5, 5.41) is 3.23. The summed E-state index contributed by atoms with van der Waals surface area (Å²) in [4.78, 5) is 29.2. The smallest absolute Gasteiger partial charge is 0.243 e. The van der Waals surface area contributed by atoms with Crippen LogP contribution in [0.2, 0.25) is 0 Å². The molecule has 30 heavy (non-hydrogen) atoms. The lowest BCUT2D eigenvalue weighted by Crippen LogP contribution is -2.52. The first-order valence-corrected chi connectivity index (χ1v) is 12.0. The van der Waals surface area contributed by atoms with Gasteiger partial charge in [0.05, 0.1) is 5.75 Å². The number of nitrogens with one attached hydrogen (secondary N) is 1. The summed E-state index contributed by atoms with van der Waals surface area (Å²) in [7, 11) is 0. The lowest BCUT2D eigenvalue weighted by molar-refractivity contribution is -0.139. The molecule has 0 radical (unpaired) electrons. The summed E-state index contributed by atoms with van der Waals surface area (Å²) < 4.78 is 0. The Morgan fingerprint density at radius 1 is 1.00 bits per heavy atom. The minimum Gasteiger partial charge on any atom is -0.352 e. The molecular weight excluding hydrogens is 392 g/mol. The standard InChI is InChI=1S/C25H32N2O2S/c1-2-23(25(29)26-21-14-8-4-9-15-21)27(18-20-12-6-3-7-13-20)24(28)19-30-22-16-10-5-11-17-22/h3,5-7,10-13,16-17,21,23H,2,4,8-9,14-15,18-19H2,1H3,(H,26,29)/t23-/m1/s1. The molecule has 0 heterocycles. The molecule has 0 aliphatic heterocycles. The first-order chi connectivity index (χ1) is 14.7. The van der Waals surface area contributed by atoms with Crippen LogP contribution in [0.3, 0.4) is 0 Å². The number of hydrogen-bond donors (Lipinski definition) is 1. The fraction of sp³-hybridized carbons (Fsp3) is 0.440. The van der Waals surface area contributed by atoms with E-state index in [0.717, 1.165) is 23.3 Å². The molecule has 1 fully saturated rings. The van der Waals surface area contributed by atoms with Crippen LogP contribution >= 0.6 is 11.8 Å². The topological polar surface area (TPSA) is 49.4 Å². The van der Waals surface area contributed by atoms with E-state index >= 15 is 0 Å². The number of thioether (sulfide) groups is 1. The molecule has 5 heteroatoms. The van der Waals surface area contributed by atoms with Crippen LogP contribution in [-0.2, 0) is 16.1 Å². The second-order valence-electron chi connectivity index (χ2n) is 7.88. The van der Waals surface area contributed by atoms with E-state index in [4.69, 9.17) is 0 Å². The zero-order valence-electron chi connectivity index (χ0n) is 17.8. The second-order valence-corrected chi connectivity index (χ2v) is 8.93. The zero-order chi connectivity index (χ0) is 21.2. The van der Waals surface area contributed by atoms with E-state index in [1.54, 1.807) is 4.90 Å². The van der Waals surface area contributed by atoms with Crippen LogP contribution in [-0.4, -0.2) is 34.6 Å². The van der Waals surface area contributed by atoms with Gasteiger partial charge in [0, 0.05) is 17.5 Å². The molecule has 2 aromatic carbocycles. The number of rotatable bonds is 9. The Morgan fingerprint density at radius 2 is 1.63 bits per heavy atom. The Hall–Kier alpha value is -2.27. The summed E-state index contributed by atoms with van der Waals surface area (Å²) >= 11 is 1.52. The average Bonchev–Trinajstić information content (AvgIpc) is 2.79. The Bertz CT molecular complexity index is 791. The van der Waals surface area contributed by atoms with E-state index in [9.17, 15) is 9.59 Å². The van der Waals surface area contributed by atoms with Gasteiger partial charge in [0.15, 0.2) is 0 Å².